The number of carbonyl (C=O) groups excluding carboxylic acids is 2. The summed E-state index contributed by atoms with van der Waals surface area (Å²) in [6, 6.07) is 16.3. The summed E-state index contributed by atoms with van der Waals surface area (Å²) < 4.78 is 25.6. The second-order valence-corrected chi connectivity index (χ2v) is 9.79. The van der Waals surface area contributed by atoms with Gasteiger partial charge in [-0.25, -0.2) is 4.39 Å². The smallest absolute Gasteiger partial charge is 0.255 e. The molecule has 0 spiro atoms. The number of rotatable bonds is 10. The van der Waals surface area contributed by atoms with Crippen LogP contribution in [0.25, 0.3) is 33.4 Å². The monoisotopic (exact) mass is 562 g/mol. The molecule has 1 atom stereocenters. The summed E-state index contributed by atoms with van der Waals surface area (Å²) in [7, 11) is 1.53. The van der Waals surface area contributed by atoms with Crippen LogP contribution in [0.5, 0.6) is 5.75 Å². The van der Waals surface area contributed by atoms with Crippen molar-refractivity contribution in [2.75, 3.05) is 20.2 Å². The Bertz CT molecular complexity index is 1480. The maximum Gasteiger partial charge on any atom is 0.255 e. The normalized spacial score (nSPS) is 11.5. The molecule has 0 bridgehead atoms. The molecule has 41 heavy (non-hydrogen) atoms. The Kier molecular flexibility index (Phi) is 11.1. The van der Waals surface area contributed by atoms with E-state index in [2.05, 4.69) is 10.6 Å². The molecule has 3 N–H and O–H groups in total. The Morgan fingerprint density at radius 2 is 1.66 bits per heavy atom. The van der Waals surface area contributed by atoms with Crippen LogP contribution in [-0.2, 0) is 0 Å². The number of amides is 2. The van der Waals surface area contributed by atoms with E-state index in [-0.39, 0.29) is 18.4 Å². The average molecular weight is 563 g/mol. The molecule has 218 valence electrons. The summed E-state index contributed by atoms with van der Waals surface area (Å²) in [6.45, 7) is 10.5. The minimum absolute atomic E-state index is 0.0918. The fraction of sp³-hybridized carbons (Fsp3) is 0.333. The number of aliphatic hydroxyl groups excluding tert-OH is 1. The van der Waals surface area contributed by atoms with E-state index in [0.717, 1.165) is 0 Å². The number of fused-ring (bicyclic) bond motifs is 1. The lowest BCUT2D eigenvalue weighted by molar-refractivity contribution is 0.0945. The molecule has 0 fully saturated rings. The molecule has 4 aromatic rings. The third kappa shape index (κ3) is 7.52. The van der Waals surface area contributed by atoms with Crippen LogP contribution in [0.15, 0.2) is 65.1 Å². The van der Waals surface area contributed by atoms with Crippen molar-refractivity contribution >= 4 is 22.8 Å². The number of hydrogen-bond acceptors (Lipinski definition) is 5. The van der Waals surface area contributed by atoms with Crippen LogP contribution in [0.2, 0.25) is 0 Å². The summed E-state index contributed by atoms with van der Waals surface area (Å²) in [6.07, 6.45) is -0.102. The number of carbonyl (C=O) groups is 2. The SMILES string of the molecule is CC.CCC(O)COc1ccc(C(=O)NCC(C)C)cc1-c1ccc2oc(-c3ccc(F)cc3)c(C(=O)NC)c2c1. The standard InChI is InChI=1S/C31H33FN2O5.C2H6/c1-5-23(35)17-38-26-12-9-21(30(36)34-16-18(2)3)15-24(26)20-8-13-27-25(14-20)28(31(37)33-4)29(39-27)19-6-10-22(32)11-7-19;1-2/h6-15,18,23,35H,5,16-17H2,1-4H3,(H,33,37)(H,34,36);1-2H3. The van der Waals surface area contributed by atoms with Crippen molar-refractivity contribution in [3.63, 3.8) is 0 Å². The highest BCUT2D eigenvalue weighted by atomic mass is 19.1. The first-order chi connectivity index (χ1) is 19.7. The first-order valence-electron chi connectivity index (χ1n) is 14.0. The lowest BCUT2D eigenvalue weighted by Crippen LogP contribution is -2.27. The van der Waals surface area contributed by atoms with E-state index in [1.165, 1.54) is 19.2 Å². The van der Waals surface area contributed by atoms with Crippen molar-refractivity contribution in [2.24, 2.45) is 5.92 Å². The molecule has 0 aliphatic rings. The molecule has 0 saturated carbocycles. The fourth-order valence-electron chi connectivity index (χ4n) is 4.15. The molecule has 0 aliphatic carbocycles. The molecule has 1 aromatic heterocycles. The van der Waals surface area contributed by atoms with Gasteiger partial charge in [-0.2, -0.15) is 0 Å². The predicted octanol–water partition coefficient (Wildman–Crippen LogP) is 6.83. The summed E-state index contributed by atoms with van der Waals surface area (Å²) in [5, 5.41) is 16.2. The van der Waals surface area contributed by atoms with E-state index >= 15 is 0 Å². The second-order valence-electron chi connectivity index (χ2n) is 9.79. The van der Waals surface area contributed by atoms with E-state index in [1.54, 1.807) is 36.4 Å². The largest absolute Gasteiger partial charge is 0.490 e. The third-order valence-corrected chi connectivity index (χ3v) is 6.37. The van der Waals surface area contributed by atoms with Crippen molar-refractivity contribution < 1.29 is 28.2 Å². The second kappa shape index (κ2) is 14.5. The van der Waals surface area contributed by atoms with Crippen LogP contribution in [0.1, 0.15) is 61.8 Å². The van der Waals surface area contributed by atoms with Crippen LogP contribution in [0.3, 0.4) is 0 Å². The van der Waals surface area contributed by atoms with Gasteiger partial charge in [0.2, 0.25) is 0 Å². The van der Waals surface area contributed by atoms with Crippen molar-refractivity contribution in [3.8, 4) is 28.2 Å². The topological polar surface area (TPSA) is 101 Å². The van der Waals surface area contributed by atoms with Gasteiger partial charge in [0.1, 0.15) is 29.5 Å². The first-order valence-corrected chi connectivity index (χ1v) is 14.0. The van der Waals surface area contributed by atoms with Gasteiger partial charge < -0.3 is 24.9 Å². The van der Waals surface area contributed by atoms with Crippen LogP contribution >= 0.6 is 0 Å². The number of nitrogens with one attached hydrogen (secondary N) is 2. The molecule has 1 unspecified atom stereocenters. The summed E-state index contributed by atoms with van der Waals surface area (Å²) in [5.41, 5.74) is 3.14. The molecule has 0 radical (unpaired) electrons. The molecule has 0 aliphatic heterocycles. The van der Waals surface area contributed by atoms with Crippen LogP contribution < -0.4 is 15.4 Å². The van der Waals surface area contributed by atoms with E-state index in [0.29, 0.717) is 69.2 Å². The van der Waals surface area contributed by atoms with Gasteiger partial charge in [0.05, 0.1) is 11.7 Å². The van der Waals surface area contributed by atoms with Crippen LogP contribution in [-0.4, -0.2) is 43.2 Å². The number of aliphatic hydroxyl groups is 1. The van der Waals surface area contributed by atoms with Crippen molar-refractivity contribution in [3.05, 3.63) is 77.6 Å². The summed E-state index contributed by atoms with van der Waals surface area (Å²) in [5.74, 6) is 0.163. The minimum atomic E-state index is -0.638. The van der Waals surface area contributed by atoms with Gasteiger partial charge in [0, 0.05) is 35.7 Å². The first kappa shape index (κ1) is 31.4. The van der Waals surface area contributed by atoms with Crippen LogP contribution in [0, 0.1) is 11.7 Å². The Labute approximate surface area is 240 Å². The Hall–Kier alpha value is -4.17. The zero-order valence-corrected chi connectivity index (χ0v) is 24.5. The van der Waals surface area contributed by atoms with Gasteiger partial charge in [-0.3, -0.25) is 9.59 Å². The van der Waals surface area contributed by atoms with Gasteiger partial charge in [0.25, 0.3) is 11.8 Å². The molecule has 1 heterocycles. The Morgan fingerprint density at radius 1 is 0.976 bits per heavy atom. The lowest BCUT2D eigenvalue weighted by Gasteiger charge is -2.16. The molecular formula is C33H39FN2O5. The Balaban J connectivity index is 0.00000226. The van der Waals surface area contributed by atoms with Gasteiger partial charge in [-0.15, -0.1) is 0 Å². The molecule has 3 aromatic carbocycles. The quantitative estimate of drug-likeness (QED) is 0.197. The zero-order valence-electron chi connectivity index (χ0n) is 24.5. The molecule has 2 amide bonds. The highest BCUT2D eigenvalue weighted by molar-refractivity contribution is 6.12. The molecule has 0 saturated heterocycles. The number of benzene rings is 3. The van der Waals surface area contributed by atoms with E-state index in [9.17, 15) is 19.1 Å². The van der Waals surface area contributed by atoms with E-state index in [1.807, 2.05) is 46.8 Å². The number of hydrogen-bond donors (Lipinski definition) is 3. The minimum Gasteiger partial charge on any atom is -0.490 e. The van der Waals surface area contributed by atoms with Gasteiger partial charge >= 0.3 is 0 Å². The summed E-state index contributed by atoms with van der Waals surface area (Å²) in [4.78, 5) is 25.8. The highest BCUT2D eigenvalue weighted by Gasteiger charge is 2.23. The van der Waals surface area contributed by atoms with E-state index in [4.69, 9.17) is 9.15 Å². The maximum absolute atomic E-state index is 13.6. The third-order valence-electron chi connectivity index (χ3n) is 6.37. The fourth-order valence-corrected chi connectivity index (χ4v) is 4.15. The maximum atomic E-state index is 13.6. The highest BCUT2D eigenvalue weighted by Crippen LogP contribution is 2.38. The number of halogens is 1. The summed E-state index contributed by atoms with van der Waals surface area (Å²) >= 11 is 0. The van der Waals surface area contributed by atoms with Crippen LogP contribution in [0.4, 0.5) is 4.39 Å². The average Bonchev–Trinajstić information content (AvgIpc) is 3.38. The van der Waals surface area contributed by atoms with Crippen molar-refractivity contribution in [1.82, 2.24) is 10.6 Å². The van der Waals surface area contributed by atoms with E-state index < -0.39 is 11.9 Å². The molecule has 4 rings (SSSR count). The molecule has 8 heteroatoms. The molecular weight excluding hydrogens is 523 g/mol. The van der Waals surface area contributed by atoms with Gasteiger partial charge in [-0.1, -0.05) is 40.7 Å². The van der Waals surface area contributed by atoms with Gasteiger partial charge in [-0.05, 0) is 72.5 Å². The van der Waals surface area contributed by atoms with Crippen molar-refractivity contribution in [1.29, 1.82) is 0 Å². The van der Waals surface area contributed by atoms with Gasteiger partial charge in [0.15, 0.2) is 0 Å². The number of ether oxygens (including phenoxy) is 1. The molecule has 7 nitrogen and oxygen atoms in total. The predicted molar refractivity (Wildman–Crippen MR) is 161 cm³/mol. The Morgan fingerprint density at radius 3 is 2.29 bits per heavy atom. The van der Waals surface area contributed by atoms with Crippen molar-refractivity contribution in [2.45, 2.75) is 47.1 Å². The number of furan rings is 1. The lowest BCUT2D eigenvalue weighted by atomic mass is 9.98. The zero-order chi connectivity index (χ0) is 30.1.